The second-order valence-corrected chi connectivity index (χ2v) is 8.50. The Kier molecular flexibility index (Phi) is 6.19. The number of nitrogen functional groups attached to an aromatic ring is 1. The van der Waals surface area contributed by atoms with Crippen LogP contribution >= 0.6 is 0 Å². The van der Waals surface area contributed by atoms with Crippen molar-refractivity contribution in [3.8, 4) is 5.75 Å². The number of aromatic nitrogens is 1. The second kappa shape index (κ2) is 8.99. The third-order valence-corrected chi connectivity index (χ3v) is 6.10. The van der Waals surface area contributed by atoms with Crippen molar-refractivity contribution in [3.05, 3.63) is 30.0 Å². The summed E-state index contributed by atoms with van der Waals surface area (Å²) in [6.45, 7) is 4.59. The summed E-state index contributed by atoms with van der Waals surface area (Å²) in [5, 5.41) is 4.13. The fraction of sp³-hybridized carbons (Fsp3) is 0.565. The zero-order valence-electron chi connectivity index (χ0n) is 17.3. The first-order valence-corrected chi connectivity index (χ1v) is 10.9. The fourth-order valence-corrected chi connectivity index (χ4v) is 4.62. The standard InChI is InChI=1S/C23H32N4O2/c1-16-14-19(24)23-20(25-16)6-5-7-21(23)29-18-10-8-17(9-11-18)26-22(28)15-27-12-3-2-4-13-27/h5-7,14,17-18H,2-4,8-13,15H2,1H3,(H2,24,25)(H,26,28)/t17-,18-. The van der Waals surface area contributed by atoms with Gasteiger partial charge in [-0.2, -0.15) is 0 Å². The van der Waals surface area contributed by atoms with Crippen molar-refractivity contribution in [2.75, 3.05) is 25.4 Å². The highest BCUT2D eigenvalue weighted by Gasteiger charge is 2.25. The van der Waals surface area contributed by atoms with Crippen molar-refractivity contribution < 1.29 is 9.53 Å². The van der Waals surface area contributed by atoms with Gasteiger partial charge in [0.25, 0.3) is 0 Å². The molecule has 2 heterocycles. The van der Waals surface area contributed by atoms with E-state index in [9.17, 15) is 4.79 Å². The molecule has 2 aromatic rings. The molecule has 1 saturated carbocycles. The Morgan fingerprint density at radius 3 is 2.72 bits per heavy atom. The lowest BCUT2D eigenvalue weighted by atomic mass is 9.92. The highest BCUT2D eigenvalue weighted by molar-refractivity contribution is 5.95. The molecule has 6 nitrogen and oxygen atoms in total. The van der Waals surface area contributed by atoms with E-state index in [4.69, 9.17) is 10.5 Å². The van der Waals surface area contributed by atoms with E-state index >= 15 is 0 Å². The predicted octanol–water partition coefficient (Wildman–Crippen LogP) is 3.42. The molecule has 2 aliphatic rings. The van der Waals surface area contributed by atoms with Crippen molar-refractivity contribution >= 4 is 22.5 Å². The molecule has 1 aromatic heterocycles. The summed E-state index contributed by atoms with van der Waals surface area (Å²) in [7, 11) is 0. The molecule has 6 heteroatoms. The average Bonchev–Trinajstić information content (AvgIpc) is 2.70. The van der Waals surface area contributed by atoms with E-state index in [1.54, 1.807) is 0 Å². The number of likely N-dealkylation sites (tertiary alicyclic amines) is 1. The summed E-state index contributed by atoms with van der Waals surface area (Å²) in [5.41, 5.74) is 8.74. The first-order chi connectivity index (χ1) is 14.1. The zero-order chi connectivity index (χ0) is 20.2. The maximum Gasteiger partial charge on any atom is 0.234 e. The number of benzene rings is 1. The number of rotatable bonds is 5. The number of carbonyl (C=O) groups is 1. The predicted molar refractivity (Wildman–Crippen MR) is 116 cm³/mol. The van der Waals surface area contributed by atoms with Crippen molar-refractivity contribution in [1.29, 1.82) is 0 Å². The summed E-state index contributed by atoms with van der Waals surface area (Å²) in [6, 6.07) is 8.07. The molecule has 3 N–H and O–H groups in total. The normalized spacial score (nSPS) is 23.1. The topological polar surface area (TPSA) is 80.5 Å². The van der Waals surface area contributed by atoms with Gasteiger partial charge in [0.05, 0.1) is 23.6 Å². The first kappa shape index (κ1) is 20.0. The number of ether oxygens (including phenoxy) is 1. The van der Waals surface area contributed by atoms with Gasteiger partial charge in [-0.3, -0.25) is 14.7 Å². The maximum absolute atomic E-state index is 12.4. The monoisotopic (exact) mass is 396 g/mol. The lowest BCUT2D eigenvalue weighted by Crippen LogP contribution is -2.45. The number of anilines is 1. The highest BCUT2D eigenvalue weighted by Crippen LogP contribution is 2.33. The maximum atomic E-state index is 12.4. The molecule has 1 aliphatic carbocycles. The van der Waals surface area contributed by atoms with Gasteiger partial charge in [0.1, 0.15) is 5.75 Å². The van der Waals surface area contributed by atoms with Gasteiger partial charge >= 0.3 is 0 Å². The fourth-order valence-electron chi connectivity index (χ4n) is 4.62. The van der Waals surface area contributed by atoms with E-state index in [1.165, 1.54) is 19.3 Å². The lowest BCUT2D eigenvalue weighted by Gasteiger charge is -2.31. The molecule has 0 radical (unpaired) electrons. The van der Waals surface area contributed by atoms with E-state index < -0.39 is 0 Å². The average molecular weight is 397 g/mol. The number of nitrogens with two attached hydrogens (primary N) is 1. The van der Waals surface area contributed by atoms with Crippen molar-refractivity contribution in [2.45, 2.75) is 64.0 Å². The Hall–Kier alpha value is -2.34. The minimum absolute atomic E-state index is 0.150. The number of piperidine rings is 1. The number of hydrogen-bond donors (Lipinski definition) is 2. The van der Waals surface area contributed by atoms with Crippen molar-refractivity contribution in [3.63, 3.8) is 0 Å². The molecule has 1 saturated heterocycles. The molecule has 156 valence electrons. The Morgan fingerprint density at radius 1 is 1.21 bits per heavy atom. The molecule has 0 bridgehead atoms. The largest absolute Gasteiger partial charge is 0.490 e. The molecular weight excluding hydrogens is 364 g/mol. The molecule has 0 unspecified atom stereocenters. The number of aryl methyl sites for hydroxylation is 1. The molecule has 1 amide bonds. The Balaban J connectivity index is 1.30. The number of pyridine rings is 1. The minimum Gasteiger partial charge on any atom is -0.490 e. The summed E-state index contributed by atoms with van der Waals surface area (Å²) in [4.78, 5) is 19.2. The summed E-state index contributed by atoms with van der Waals surface area (Å²) in [5.74, 6) is 0.977. The van der Waals surface area contributed by atoms with Gasteiger partial charge in [0, 0.05) is 17.4 Å². The molecule has 29 heavy (non-hydrogen) atoms. The van der Waals surface area contributed by atoms with Crippen molar-refractivity contribution in [1.82, 2.24) is 15.2 Å². The molecule has 1 aromatic carbocycles. The van der Waals surface area contributed by atoms with Crippen LogP contribution in [0, 0.1) is 6.92 Å². The summed E-state index contributed by atoms with van der Waals surface area (Å²) < 4.78 is 6.32. The SMILES string of the molecule is Cc1cc(N)c2c(O[C@H]3CC[C@H](NC(=O)CN4CCCCC4)CC3)cccc2n1. The molecule has 2 fully saturated rings. The van der Waals surface area contributed by atoms with E-state index in [-0.39, 0.29) is 18.1 Å². The molecule has 0 spiro atoms. The van der Waals surface area contributed by atoms with Crippen LogP contribution in [0.3, 0.4) is 0 Å². The van der Waals surface area contributed by atoms with Crippen LogP contribution < -0.4 is 15.8 Å². The number of amides is 1. The number of fused-ring (bicyclic) bond motifs is 1. The van der Waals surface area contributed by atoms with E-state index in [0.717, 1.165) is 61.1 Å². The quantitative estimate of drug-likeness (QED) is 0.809. The molecule has 1 aliphatic heterocycles. The van der Waals surface area contributed by atoms with Gasteiger partial charge < -0.3 is 15.8 Å². The van der Waals surface area contributed by atoms with Crippen LogP contribution in [0.1, 0.15) is 50.6 Å². The minimum atomic E-state index is 0.150. The molecule has 4 rings (SSSR count). The number of nitrogens with zero attached hydrogens (tertiary/aromatic N) is 2. The van der Waals surface area contributed by atoms with Gasteiger partial charge in [0.2, 0.25) is 5.91 Å². The van der Waals surface area contributed by atoms with Crippen LogP contribution in [0.4, 0.5) is 5.69 Å². The van der Waals surface area contributed by atoms with Crippen LogP contribution in [0.15, 0.2) is 24.3 Å². The third kappa shape index (κ3) is 4.99. The van der Waals surface area contributed by atoms with Gasteiger partial charge in [-0.15, -0.1) is 0 Å². The van der Waals surface area contributed by atoms with E-state index in [1.807, 2.05) is 31.2 Å². The van der Waals surface area contributed by atoms with Crippen molar-refractivity contribution in [2.24, 2.45) is 0 Å². The number of nitrogens with one attached hydrogen (secondary N) is 1. The van der Waals surface area contributed by atoms with Crippen LogP contribution in [-0.2, 0) is 4.79 Å². The highest BCUT2D eigenvalue weighted by atomic mass is 16.5. The molecule has 0 atom stereocenters. The van der Waals surface area contributed by atoms with Crippen LogP contribution in [-0.4, -0.2) is 47.6 Å². The van der Waals surface area contributed by atoms with Gasteiger partial charge in [0.15, 0.2) is 0 Å². The van der Waals surface area contributed by atoms with E-state index in [2.05, 4.69) is 15.2 Å². The Bertz CT molecular complexity index is 855. The van der Waals surface area contributed by atoms with Crippen LogP contribution in [0.25, 0.3) is 10.9 Å². The summed E-state index contributed by atoms with van der Waals surface area (Å²) in [6.07, 6.45) is 7.64. The zero-order valence-corrected chi connectivity index (χ0v) is 17.3. The second-order valence-electron chi connectivity index (χ2n) is 8.50. The smallest absolute Gasteiger partial charge is 0.234 e. The van der Waals surface area contributed by atoms with Gasteiger partial charge in [-0.05, 0) is 76.7 Å². The van der Waals surface area contributed by atoms with Crippen LogP contribution in [0.5, 0.6) is 5.75 Å². The lowest BCUT2D eigenvalue weighted by molar-refractivity contribution is -0.123. The van der Waals surface area contributed by atoms with Gasteiger partial charge in [-0.1, -0.05) is 12.5 Å². The van der Waals surface area contributed by atoms with E-state index in [0.29, 0.717) is 12.2 Å². The number of carbonyl (C=O) groups excluding carboxylic acids is 1. The van der Waals surface area contributed by atoms with Crippen LogP contribution in [0.2, 0.25) is 0 Å². The van der Waals surface area contributed by atoms with Gasteiger partial charge in [-0.25, -0.2) is 0 Å². The molecular formula is C23H32N4O2. The number of hydrogen-bond acceptors (Lipinski definition) is 5. The Labute approximate surface area is 172 Å². The summed E-state index contributed by atoms with van der Waals surface area (Å²) >= 11 is 0. The Morgan fingerprint density at radius 2 is 1.97 bits per heavy atom. The third-order valence-electron chi connectivity index (χ3n) is 6.10. The first-order valence-electron chi connectivity index (χ1n) is 10.9.